The molecule has 0 aliphatic carbocycles. The monoisotopic (exact) mass is 251 g/mol. The predicted molar refractivity (Wildman–Crippen MR) is 71.3 cm³/mol. The van der Waals surface area contributed by atoms with E-state index in [4.69, 9.17) is 5.73 Å². The Kier molecular flexibility index (Phi) is 5.16. The zero-order chi connectivity index (χ0) is 13.7. The third kappa shape index (κ3) is 3.47. The summed E-state index contributed by atoms with van der Waals surface area (Å²) in [7, 11) is 0. The van der Waals surface area contributed by atoms with Gasteiger partial charge < -0.3 is 15.9 Å². The van der Waals surface area contributed by atoms with Crippen LogP contribution in [-0.4, -0.2) is 22.3 Å². The number of hydrogen-bond donors (Lipinski definition) is 3. The number of aliphatic carboxylic acids is 1. The first-order chi connectivity index (χ1) is 8.47. The number of carbonyl (C=O) groups is 1. The van der Waals surface area contributed by atoms with Gasteiger partial charge in [-0.15, -0.1) is 0 Å². The number of benzene rings is 1. The maximum Gasteiger partial charge on any atom is 0.313 e. The second-order valence-electron chi connectivity index (χ2n) is 4.74. The highest BCUT2D eigenvalue weighted by atomic mass is 16.4. The SMILES string of the molecule is CCCC(C)C(O)C(C(=O)O)c1ccc(N)cc1. The van der Waals surface area contributed by atoms with Crippen molar-refractivity contribution >= 4 is 11.7 Å². The molecule has 18 heavy (non-hydrogen) atoms. The maximum atomic E-state index is 11.3. The van der Waals surface area contributed by atoms with Gasteiger partial charge in [-0.3, -0.25) is 4.79 Å². The van der Waals surface area contributed by atoms with E-state index in [1.807, 2.05) is 13.8 Å². The van der Waals surface area contributed by atoms with Crippen LogP contribution >= 0.6 is 0 Å². The molecule has 0 amide bonds. The van der Waals surface area contributed by atoms with Gasteiger partial charge in [0.25, 0.3) is 0 Å². The van der Waals surface area contributed by atoms with Crippen LogP contribution in [0.3, 0.4) is 0 Å². The van der Waals surface area contributed by atoms with E-state index in [0.29, 0.717) is 11.3 Å². The maximum absolute atomic E-state index is 11.3. The van der Waals surface area contributed by atoms with Crippen LogP contribution in [0, 0.1) is 5.92 Å². The van der Waals surface area contributed by atoms with E-state index in [0.717, 1.165) is 12.8 Å². The van der Waals surface area contributed by atoms with Gasteiger partial charge in [-0.05, 0) is 30.0 Å². The molecule has 100 valence electrons. The number of aliphatic hydroxyl groups is 1. The molecule has 0 spiro atoms. The minimum atomic E-state index is -1.00. The first-order valence-electron chi connectivity index (χ1n) is 6.23. The van der Waals surface area contributed by atoms with Crippen molar-refractivity contribution < 1.29 is 15.0 Å². The second-order valence-corrected chi connectivity index (χ2v) is 4.74. The molecule has 1 aromatic rings. The molecule has 0 aliphatic heterocycles. The van der Waals surface area contributed by atoms with Gasteiger partial charge in [0, 0.05) is 5.69 Å². The molecule has 1 aromatic carbocycles. The molecule has 0 radical (unpaired) electrons. The second kappa shape index (κ2) is 6.40. The van der Waals surface area contributed by atoms with Crippen LogP contribution < -0.4 is 5.73 Å². The lowest BCUT2D eigenvalue weighted by Gasteiger charge is -2.25. The number of carboxylic acids is 1. The minimum Gasteiger partial charge on any atom is -0.481 e. The van der Waals surface area contributed by atoms with E-state index in [9.17, 15) is 15.0 Å². The average Bonchev–Trinajstić information content (AvgIpc) is 2.31. The van der Waals surface area contributed by atoms with Gasteiger partial charge in [-0.25, -0.2) is 0 Å². The van der Waals surface area contributed by atoms with Crippen LogP contribution in [0.4, 0.5) is 5.69 Å². The van der Waals surface area contributed by atoms with E-state index in [1.165, 1.54) is 0 Å². The summed E-state index contributed by atoms with van der Waals surface area (Å²) in [5.74, 6) is -1.95. The Labute approximate surface area is 107 Å². The molecular weight excluding hydrogens is 230 g/mol. The van der Waals surface area contributed by atoms with Gasteiger partial charge in [0.2, 0.25) is 0 Å². The van der Waals surface area contributed by atoms with Crippen LogP contribution in [0.2, 0.25) is 0 Å². The van der Waals surface area contributed by atoms with Crippen LogP contribution in [-0.2, 0) is 4.79 Å². The number of aliphatic hydroxyl groups excluding tert-OH is 1. The molecule has 0 aromatic heterocycles. The lowest BCUT2D eigenvalue weighted by molar-refractivity contribution is -0.142. The fraction of sp³-hybridized carbons (Fsp3) is 0.500. The Bertz CT molecular complexity index is 389. The quantitative estimate of drug-likeness (QED) is 0.677. The molecule has 0 aliphatic rings. The third-order valence-corrected chi connectivity index (χ3v) is 3.23. The Morgan fingerprint density at radius 3 is 2.33 bits per heavy atom. The van der Waals surface area contributed by atoms with Crippen molar-refractivity contribution in [1.29, 1.82) is 0 Å². The van der Waals surface area contributed by atoms with Crippen molar-refractivity contribution in [3.8, 4) is 0 Å². The van der Waals surface area contributed by atoms with Gasteiger partial charge in [0.05, 0.1) is 6.10 Å². The number of carboxylic acid groups (broad SMARTS) is 1. The predicted octanol–water partition coefficient (Wildman–Crippen LogP) is 2.23. The van der Waals surface area contributed by atoms with E-state index >= 15 is 0 Å². The summed E-state index contributed by atoms with van der Waals surface area (Å²) in [6, 6.07) is 6.64. The third-order valence-electron chi connectivity index (χ3n) is 3.23. The van der Waals surface area contributed by atoms with Gasteiger partial charge in [0.15, 0.2) is 0 Å². The van der Waals surface area contributed by atoms with Gasteiger partial charge in [-0.2, -0.15) is 0 Å². The number of nitrogen functional groups attached to an aromatic ring is 1. The highest BCUT2D eigenvalue weighted by Crippen LogP contribution is 2.27. The van der Waals surface area contributed by atoms with Crippen molar-refractivity contribution in [3.05, 3.63) is 29.8 Å². The molecule has 4 heteroatoms. The molecule has 0 fully saturated rings. The van der Waals surface area contributed by atoms with Crippen molar-refractivity contribution in [2.24, 2.45) is 5.92 Å². The normalized spacial score (nSPS) is 15.9. The standard InChI is InChI=1S/C14H21NO3/c1-3-4-9(2)13(16)12(14(17)18)10-5-7-11(15)8-6-10/h5-9,12-13,16H,3-4,15H2,1-2H3,(H,17,18). The Hall–Kier alpha value is -1.55. The topological polar surface area (TPSA) is 83.5 Å². The van der Waals surface area contributed by atoms with E-state index in [2.05, 4.69) is 0 Å². The number of rotatable bonds is 6. The van der Waals surface area contributed by atoms with E-state index in [-0.39, 0.29) is 5.92 Å². The summed E-state index contributed by atoms with van der Waals surface area (Å²) in [6.45, 7) is 3.89. The number of anilines is 1. The van der Waals surface area contributed by atoms with Gasteiger partial charge >= 0.3 is 5.97 Å². The summed E-state index contributed by atoms with van der Waals surface area (Å²) >= 11 is 0. The minimum absolute atomic E-state index is 0.0475. The van der Waals surface area contributed by atoms with Crippen molar-refractivity contribution in [3.63, 3.8) is 0 Å². The van der Waals surface area contributed by atoms with Crippen molar-refractivity contribution in [1.82, 2.24) is 0 Å². The van der Waals surface area contributed by atoms with Crippen molar-refractivity contribution in [2.75, 3.05) is 5.73 Å². The number of hydrogen-bond acceptors (Lipinski definition) is 3. The molecule has 4 N–H and O–H groups in total. The largest absolute Gasteiger partial charge is 0.481 e. The van der Waals surface area contributed by atoms with Crippen molar-refractivity contribution in [2.45, 2.75) is 38.7 Å². The molecule has 0 heterocycles. The fourth-order valence-electron chi connectivity index (χ4n) is 2.14. The zero-order valence-corrected chi connectivity index (χ0v) is 10.8. The first kappa shape index (κ1) is 14.5. The average molecular weight is 251 g/mol. The summed E-state index contributed by atoms with van der Waals surface area (Å²) in [5.41, 5.74) is 6.75. The molecule has 1 rings (SSSR count). The highest BCUT2D eigenvalue weighted by molar-refractivity contribution is 5.77. The molecule has 0 saturated carbocycles. The summed E-state index contributed by atoms with van der Waals surface area (Å²) in [6.07, 6.45) is 0.845. The summed E-state index contributed by atoms with van der Waals surface area (Å²) in [5, 5.41) is 19.5. The fourth-order valence-corrected chi connectivity index (χ4v) is 2.14. The lowest BCUT2D eigenvalue weighted by Crippen LogP contribution is -2.31. The van der Waals surface area contributed by atoms with Crippen LogP contribution in [0.25, 0.3) is 0 Å². The first-order valence-corrected chi connectivity index (χ1v) is 6.23. The Morgan fingerprint density at radius 2 is 1.89 bits per heavy atom. The zero-order valence-electron chi connectivity index (χ0n) is 10.8. The van der Waals surface area contributed by atoms with Crippen LogP contribution in [0.15, 0.2) is 24.3 Å². The van der Waals surface area contributed by atoms with E-state index < -0.39 is 18.0 Å². The summed E-state index contributed by atoms with van der Waals surface area (Å²) < 4.78 is 0. The highest BCUT2D eigenvalue weighted by Gasteiger charge is 2.31. The van der Waals surface area contributed by atoms with Crippen LogP contribution in [0.5, 0.6) is 0 Å². The molecule has 4 nitrogen and oxygen atoms in total. The summed E-state index contributed by atoms with van der Waals surface area (Å²) in [4.78, 5) is 11.3. The number of nitrogens with two attached hydrogens (primary N) is 1. The molecule has 3 atom stereocenters. The van der Waals surface area contributed by atoms with E-state index in [1.54, 1.807) is 24.3 Å². The molecular formula is C14H21NO3. The Balaban J connectivity index is 2.95. The lowest BCUT2D eigenvalue weighted by atomic mass is 9.84. The van der Waals surface area contributed by atoms with Gasteiger partial charge in [0.1, 0.15) is 5.92 Å². The molecule has 3 unspecified atom stereocenters. The van der Waals surface area contributed by atoms with Gasteiger partial charge in [-0.1, -0.05) is 32.4 Å². The Morgan fingerprint density at radius 1 is 1.33 bits per heavy atom. The molecule has 0 saturated heterocycles. The smallest absolute Gasteiger partial charge is 0.313 e. The van der Waals surface area contributed by atoms with Crippen LogP contribution in [0.1, 0.15) is 38.2 Å². The molecule has 0 bridgehead atoms.